The lowest BCUT2D eigenvalue weighted by atomic mass is 10.1. The van der Waals surface area contributed by atoms with E-state index in [1.165, 1.54) is 32.3 Å². The maximum Gasteiger partial charge on any atom is 0.0642 e. The number of hydrogen-bond acceptors (Lipinski definition) is 3. The molecule has 1 aliphatic carbocycles. The third kappa shape index (κ3) is 5.11. The van der Waals surface area contributed by atoms with Crippen molar-refractivity contribution in [1.82, 2.24) is 4.90 Å². The Morgan fingerprint density at radius 2 is 1.39 bits per heavy atom. The van der Waals surface area contributed by atoms with Crippen LogP contribution in [-0.4, -0.2) is 37.5 Å². The molecule has 33 heavy (non-hydrogen) atoms. The van der Waals surface area contributed by atoms with Crippen LogP contribution in [0.15, 0.2) is 106 Å². The topological polar surface area (TPSA) is 12.5 Å². The molecule has 4 heteroatoms. The minimum Gasteiger partial charge on any atom is -0.378 e. The molecular weight excluding hydrogens is 441 g/mol. The molecule has 5 rings (SSSR count). The van der Waals surface area contributed by atoms with Crippen molar-refractivity contribution < 1.29 is 4.74 Å². The first-order chi connectivity index (χ1) is 16.3. The third-order valence-electron chi connectivity index (χ3n) is 6.29. The second-order valence-electron chi connectivity index (χ2n) is 8.34. The molecule has 2 nitrogen and oxygen atoms in total. The summed E-state index contributed by atoms with van der Waals surface area (Å²) in [5.74, 6) is 0. The lowest BCUT2D eigenvalue weighted by Gasteiger charge is -2.33. The van der Waals surface area contributed by atoms with Crippen LogP contribution in [0, 0.1) is 0 Å². The van der Waals surface area contributed by atoms with Crippen LogP contribution in [0.1, 0.15) is 18.4 Å². The summed E-state index contributed by atoms with van der Waals surface area (Å²) in [6, 6.07) is 31.2. The van der Waals surface area contributed by atoms with Gasteiger partial charge in [-0.25, -0.2) is 0 Å². The number of hydrogen-bond donors (Lipinski definition) is 0. The van der Waals surface area contributed by atoms with Gasteiger partial charge in [0, 0.05) is 23.7 Å². The Bertz CT molecular complexity index is 1080. The van der Waals surface area contributed by atoms with Crippen molar-refractivity contribution in [3.63, 3.8) is 0 Å². The van der Waals surface area contributed by atoms with Crippen LogP contribution in [0.2, 0.25) is 0 Å². The number of rotatable bonds is 6. The van der Waals surface area contributed by atoms with Crippen LogP contribution in [-0.2, 0) is 4.74 Å². The van der Waals surface area contributed by atoms with Gasteiger partial charge in [-0.1, -0.05) is 72.8 Å². The number of nitrogens with zero attached hydrogens (tertiary/aromatic N) is 1. The van der Waals surface area contributed by atoms with E-state index in [0.29, 0.717) is 0 Å². The van der Waals surface area contributed by atoms with Crippen LogP contribution in [0.5, 0.6) is 0 Å². The van der Waals surface area contributed by atoms with Gasteiger partial charge in [-0.15, -0.1) is 11.8 Å². The number of ether oxygens (including phenoxy) is 1. The molecule has 0 amide bonds. The second kappa shape index (κ2) is 10.7. The van der Waals surface area contributed by atoms with E-state index in [2.05, 4.69) is 102 Å². The lowest BCUT2D eigenvalue weighted by Crippen LogP contribution is -2.36. The van der Waals surface area contributed by atoms with E-state index in [4.69, 9.17) is 4.74 Å². The molecule has 3 aromatic carbocycles. The van der Waals surface area contributed by atoms with E-state index in [0.717, 1.165) is 39.1 Å². The average Bonchev–Trinajstić information content (AvgIpc) is 3.29. The molecule has 1 heterocycles. The maximum absolute atomic E-state index is 5.72. The second-order valence-corrected chi connectivity index (χ2v) is 11.5. The maximum atomic E-state index is 5.72. The summed E-state index contributed by atoms with van der Waals surface area (Å²) in [5.41, 5.74) is 4.24. The van der Waals surface area contributed by atoms with Gasteiger partial charge in [-0.3, -0.25) is 0 Å². The van der Waals surface area contributed by atoms with Crippen LogP contribution in [0.25, 0.3) is 6.08 Å². The van der Waals surface area contributed by atoms with E-state index in [1.807, 2.05) is 0 Å². The standard InChI is InChI=1S/C29H30NOPS/c1-33-27-15-12-23(13-16-27)22-24-14-17-28(29(24)30-18-20-31-21-19-30)32(25-8-4-2-5-9-25)26-10-6-3-7-11-26/h2-13,15-16,22H,14,17-21H2,1H3/b24-22+. The van der Waals surface area contributed by atoms with Crippen molar-refractivity contribution in [2.75, 3.05) is 32.6 Å². The molecule has 1 fully saturated rings. The Morgan fingerprint density at radius 3 is 1.97 bits per heavy atom. The minimum absolute atomic E-state index is 0.572. The van der Waals surface area contributed by atoms with Gasteiger partial charge >= 0.3 is 0 Å². The van der Waals surface area contributed by atoms with Gasteiger partial charge in [-0.2, -0.15) is 0 Å². The highest BCUT2D eigenvalue weighted by Gasteiger charge is 2.31. The summed E-state index contributed by atoms with van der Waals surface area (Å²) in [7, 11) is -0.572. The first-order valence-electron chi connectivity index (χ1n) is 11.6. The van der Waals surface area contributed by atoms with Gasteiger partial charge in [0.1, 0.15) is 0 Å². The highest BCUT2D eigenvalue weighted by molar-refractivity contribution is 7.98. The molecule has 1 saturated heterocycles. The largest absolute Gasteiger partial charge is 0.378 e. The van der Waals surface area contributed by atoms with Crippen molar-refractivity contribution >= 4 is 36.4 Å². The Kier molecular flexibility index (Phi) is 7.31. The van der Waals surface area contributed by atoms with E-state index in [1.54, 1.807) is 17.1 Å². The van der Waals surface area contributed by atoms with Gasteiger partial charge in [-0.05, 0) is 72.3 Å². The summed E-state index contributed by atoms with van der Waals surface area (Å²) in [6.45, 7) is 3.55. The van der Waals surface area contributed by atoms with Gasteiger partial charge in [0.15, 0.2) is 0 Å². The summed E-state index contributed by atoms with van der Waals surface area (Å²) >= 11 is 1.79. The monoisotopic (exact) mass is 471 g/mol. The van der Waals surface area contributed by atoms with E-state index in [-0.39, 0.29) is 0 Å². The molecule has 0 unspecified atom stereocenters. The lowest BCUT2D eigenvalue weighted by molar-refractivity contribution is 0.0549. The van der Waals surface area contributed by atoms with Gasteiger partial charge in [0.25, 0.3) is 0 Å². The predicted molar refractivity (Wildman–Crippen MR) is 144 cm³/mol. The molecular formula is C29H30NOPS. The fourth-order valence-corrected chi connectivity index (χ4v) is 7.82. The van der Waals surface area contributed by atoms with Crippen molar-refractivity contribution in [3.8, 4) is 0 Å². The van der Waals surface area contributed by atoms with E-state index >= 15 is 0 Å². The highest BCUT2D eigenvalue weighted by atomic mass is 32.2. The summed E-state index contributed by atoms with van der Waals surface area (Å²) in [5, 5.41) is 4.48. The Balaban J connectivity index is 1.63. The summed E-state index contributed by atoms with van der Waals surface area (Å²) < 4.78 is 5.72. The fourth-order valence-electron chi connectivity index (χ4n) is 4.72. The van der Waals surface area contributed by atoms with E-state index < -0.39 is 7.92 Å². The fraction of sp³-hybridized carbons (Fsp3) is 0.241. The molecule has 0 aromatic heterocycles. The Labute approximate surface area is 203 Å². The number of thioether (sulfide) groups is 1. The Morgan fingerprint density at radius 1 is 0.788 bits per heavy atom. The molecule has 0 saturated carbocycles. The zero-order valence-electron chi connectivity index (χ0n) is 19.1. The van der Waals surface area contributed by atoms with Crippen LogP contribution < -0.4 is 10.6 Å². The zero-order valence-corrected chi connectivity index (χ0v) is 20.8. The predicted octanol–water partition coefficient (Wildman–Crippen LogP) is 6.26. The van der Waals surface area contributed by atoms with Crippen molar-refractivity contribution in [3.05, 3.63) is 107 Å². The minimum atomic E-state index is -0.572. The molecule has 0 radical (unpaired) electrons. The molecule has 168 valence electrons. The summed E-state index contributed by atoms with van der Waals surface area (Å²) in [6.07, 6.45) is 6.78. The zero-order chi connectivity index (χ0) is 22.5. The van der Waals surface area contributed by atoms with Gasteiger partial charge in [0.05, 0.1) is 13.2 Å². The number of allylic oxidation sites excluding steroid dienone is 2. The number of morpholine rings is 1. The average molecular weight is 472 g/mol. The highest BCUT2D eigenvalue weighted by Crippen LogP contribution is 2.53. The molecule has 1 aliphatic heterocycles. The molecule has 0 atom stereocenters. The van der Waals surface area contributed by atoms with Crippen molar-refractivity contribution in [1.29, 1.82) is 0 Å². The van der Waals surface area contributed by atoms with Crippen LogP contribution >= 0.6 is 19.7 Å². The molecule has 0 N–H and O–H groups in total. The molecule has 2 aliphatic rings. The Hall–Kier alpha value is -2.32. The van der Waals surface area contributed by atoms with E-state index in [9.17, 15) is 0 Å². The smallest absolute Gasteiger partial charge is 0.0642 e. The SMILES string of the molecule is CSc1ccc(/C=C2\CCC(P(c3ccccc3)c3ccccc3)=C2N2CCOCC2)cc1. The van der Waals surface area contributed by atoms with Gasteiger partial charge < -0.3 is 9.64 Å². The number of benzene rings is 3. The molecule has 0 bridgehead atoms. The summed E-state index contributed by atoms with van der Waals surface area (Å²) in [4.78, 5) is 3.90. The van der Waals surface area contributed by atoms with Gasteiger partial charge in [0.2, 0.25) is 0 Å². The first kappa shape index (κ1) is 22.5. The quantitative estimate of drug-likeness (QED) is 0.311. The van der Waals surface area contributed by atoms with Crippen LogP contribution in [0.3, 0.4) is 0 Å². The molecule has 3 aromatic rings. The van der Waals surface area contributed by atoms with Crippen molar-refractivity contribution in [2.45, 2.75) is 17.7 Å². The molecule has 0 spiro atoms. The van der Waals surface area contributed by atoms with Crippen molar-refractivity contribution in [2.24, 2.45) is 0 Å². The van der Waals surface area contributed by atoms with Crippen LogP contribution in [0.4, 0.5) is 0 Å². The first-order valence-corrected chi connectivity index (χ1v) is 14.2. The third-order valence-corrected chi connectivity index (χ3v) is 9.64. The normalized spacial score (nSPS) is 17.9.